The minimum atomic E-state index is -0.257. The summed E-state index contributed by atoms with van der Waals surface area (Å²) in [6.45, 7) is 0. The Morgan fingerprint density at radius 3 is 2.21 bits per heavy atom. The molecule has 14 heavy (non-hydrogen) atoms. The van der Waals surface area contributed by atoms with Gasteiger partial charge in [-0.2, -0.15) is 11.3 Å². The smallest absolute Gasteiger partial charge is 0.519 e. The fraction of sp³-hybridized carbons (Fsp3) is 0. The van der Waals surface area contributed by atoms with Gasteiger partial charge in [-0.25, -0.2) is 0 Å². The Morgan fingerprint density at radius 2 is 1.64 bits per heavy atom. The van der Waals surface area contributed by atoms with Gasteiger partial charge in [-0.15, -0.1) is 0 Å². The molecule has 0 unspecified atom stereocenters. The van der Waals surface area contributed by atoms with Gasteiger partial charge in [0.2, 0.25) is 0 Å². The van der Waals surface area contributed by atoms with Crippen molar-refractivity contribution >= 4 is 23.2 Å². The van der Waals surface area contributed by atoms with E-state index in [1.54, 1.807) is 11.3 Å². The van der Waals surface area contributed by atoms with Crippen molar-refractivity contribution in [2.45, 2.75) is 0 Å². The summed E-state index contributed by atoms with van der Waals surface area (Å²) in [4.78, 5) is 0. The fourth-order valence-electron chi connectivity index (χ4n) is 1.44. The molecule has 1 aromatic carbocycles. The summed E-state index contributed by atoms with van der Waals surface area (Å²) >= 11 is 1.64. The van der Waals surface area contributed by atoms with Gasteiger partial charge in [0.25, 0.3) is 0 Å². The topological polar surface area (TPSA) is 18.5 Å². The second-order valence-corrected chi connectivity index (χ2v) is 4.01. The van der Waals surface area contributed by atoms with Crippen molar-refractivity contribution in [2.24, 2.45) is 0 Å². The van der Waals surface area contributed by atoms with Crippen LogP contribution in [0.2, 0.25) is 0 Å². The van der Waals surface area contributed by atoms with Gasteiger partial charge < -0.3 is 9.31 Å². The van der Waals surface area contributed by atoms with Crippen LogP contribution in [0.25, 0.3) is 0 Å². The Morgan fingerprint density at radius 1 is 0.929 bits per heavy atom. The third-order valence-electron chi connectivity index (χ3n) is 2.09. The predicted octanol–water partition coefficient (Wildman–Crippen LogP) is 1.91. The van der Waals surface area contributed by atoms with Crippen molar-refractivity contribution in [2.75, 3.05) is 0 Å². The van der Waals surface area contributed by atoms with E-state index < -0.39 is 0 Å². The summed E-state index contributed by atoms with van der Waals surface area (Å²) in [6.07, 6.45) is 0. The third kappa shape index (κ3) is 1.19. The zero-order valence-corrected chi connectivity index (χ0v) is 8.16. The van der Waals surface area contributed by atoms with Gasteiger partial charge in [0.15, 0.2) is 0 Å². The highest BCUT2D eigenvalue weighted by Gasteiger charge is 2.34. The van der Waals surface area contributed by atoms with Crippen LogP contribution in [0.3, 0.4) is 0 Å². The normalized spacial score (nSPS) is 13.3. The van der Waals surface area contributed by atoms with Gasteiger partial charge >= 0.3 is 7.12 Å². The average Bonchev–Trinajstić information content (AvgIpc) is 2.86. The molecular weight excluding hydrogens is 195 g/mol. The van der Waals surface area contributed by atoms with E-state index in [9.17, 15) is 0 Å². The molecule has 2 heterocycles. The van der Waals surface area contributed by atoms with Crippen molar-refractivity contribution < 1.29 is 9.31 Å². The Labute approximate surface area is 86.2 Å². The summed E-state index contributed by atoms with van der Waals surface area (Å²) in [6, 6.07) is 11.7. The highest BCUT2D eigenvalue weighted by molar-refractivity contribution is 7.20. The van der Waals surface area contributed by atoms with E-state index in [1.807, 2.05) is 41.8 Å². The molecule has 0 fully saturated rings. The van der Waals surface area contributed by atoms with E-state index in [2.05, 4.69) is 0 Å². The second-order valence-electron chi connectivity index (χ2n) is 3.03. The molecule has 0 amide bonds. The number of rotatable bonds is 1. The molecule has 0 aliphatic carbocycles. The molecule has 68 valence electrons. The maximum atomic E-state index is 5.64. The molecule has 1 aliphatic rings. The van der Waals surface area contributed by atoms with Gasteiger partial charge in [0.1, 0.15) is 11.5 Å². The SMILES string of the molecule is c1csc(B2Oc3ccccc3O2)c1. The van der Waals surface area contributed by atoms with E-state index in [-0.39, 0.29) is 7.12 Å². The molecule has 2 aromatic rings. The Balaban J connectivity index is 1.92. The van der Waals surface area contributed by atoms with Gasteiger partial charge in [-0.3, -0.25) is 0 Å². The second kappa shape index (κ2) is 3.06. The molecule has 0 spiro atoms. The summed E-state index contributed by atoms with van der Waals surface area (Å²) in [5, 5.41) is 2.02. The zero-order valence-electron chi connectivity index (χ0n) is 7.34. The van der Waals surface area contributed by atoms with Crippen LogP contribution in [-0.2, 0) is 0 Å². The maximum Gasteiger partial charge on any atom is 0.643 e. The summed E-state index contributed by atoms with van der Waals surface area (Å²) in [7, 11) is -0.257. The monoisotopic (exact) mass is 202 g/mol. The lowest BCUT2D eigenvalue weighted by Gasteiger charge is -1.99. The summed E-state index contributed by atoms with van der Waals surface area (Å²) < 4.78 is 12.4. The quantitative estimate of drug-likeness (QED) is 0.657. The lowest BCUT2D eigenvalue weighted by Crippen LogP contribution is -2.36. The van der Waals surface area contributed by atoms with Gasteiger partial charge in [0.05, 0.1) is 4.78 Å². The van der Waals surface area contributed by atoms with Crippen LogP contribution < -0.4 is 14.1 Å². The molecule has 0 saturated carbocycles. The standard InChI is InChI=1S/C10H7BO2S/c1-2-5-9-8(4-1)12-11(13-9)10-6-3-7-14-10/h1-7H. The van der Waals surface area contributed by atoms with E-state index in [4.69, 9.17) is 9.31 Å². The van der Waals surface area contributed by atoms with Crippen molar-refractivity contribution in [3.05, 3.63) is 41.8 Å². The molecule has 3 rings (SSSR count). The van der Waals surface area contributed by atoms with Crippen LogP contribution >= 0.6 is 11.3 Å². The highest BCUT2D eigenvalue weighted by Crippen LogP contribution is 2.32. The van der Waals surface area contributed by atoms with Crippen LogP contribution in [0.1, 0.15) is 0 Å². The van der Waals surface area contributed by atoms with Crippen LogP contribution in [0.15, 0.2) is 41.8 Å². The largest absolute Gasteiger partial charge is 0.643 e. The Bertz CT molecular complexity index is 416. The molecule has 0 saturated heterocycles. The lowest BCUT2D eigenvalue weighted by atomic mass is 9.88. The molecular formula is C10H7BO2S. The molecule has 2 nitrogen and oxygen atoms in total. The predicted molar refractivity (Wildman–Crippen MR) is 57.4 cm³/mol. The molecule has 0 radical (unpaired) electrons. The molecule has 1 aliphatic heterocycles. The first-order valence-corrected chi connectivity index (χ1v) is 5.27. The van der Waals surface area contributed by atoms with E-state index in [0.717, 1.165) is 16.3 Å². The number of benzene rings is 1. The Hall–Kier alpha value is -1.42. The van der Waals surface area contributed by atoms with Crippen LogP contribution in [0.4, 0.5) is 0 Å². The van der Waals surface area contributed by atoms with Crippen LogP contribution in [-0.4, -0.2) is 7.12 Å². The van der Waals surface area contributed by atoms with Crippen molar-refractivity contribution in [3.63, 3.8) is 0 Å². The van der Waals surface area contributed by atoms with Gasteiger partial charge in [-0.1, -0.05) is 18.2 Å². The van der Waals surface area contributed by atoms with E-state index in [0.29, 0.717) is 0 Å². The average molecular weight is 202 g/mol. The number of fused-ring (bicyclic) bond motifs is 1. The third-order valence-corrected chi connectivity index (χ3v) is 2.99. The minimum absolute atomic E-state index is 0.257. The van der Waals surface area contributed by atoms with Crippen LogP contribution in [0, 0.1) is 0 Å². The molecule has 1 aromatic heterocycles. The minimum Gasteiger partial charge on any atom is -0.519 e. The first kappa shape index (κ1) is 7.94. The highest BCUT2D eigenvalue weighted by atomic mass is 32.1. The number of thiophene rings is 1. The number of hydrogen-bond acceptors (Lipinski definition) is 3. The van der Waals surface area contributed by atoms with Crippen molar-refractivity contribution in [1.29, 1.82) is 0 Å². The molecule has 0 bridgehead atoms. The molecule has 4 heteroatoms. The first-order chi connectivity index (χ1) is 6.93. The summed E-state index contributed by atoms with van der Waals surface area (Å²) in [5.41, 5.74) is 0. The van der Waals surface area contributed by atoms with Gasteiger partial charge in [-0.05, 0) is 23.6 Å². The zero-order chi connectivity index (χ0) is 9.38. The maximum absolute atomic E-state index is 5.64. The molecule has 0 N–H and O–H groups in total. The summed E-state index contributed by atoms with van der Waals surface area (Å²) in [5.74, 6) is 1.65. The van der Waals surface area contributed by atoms with Gasteiger partial charge in [0, 0.05) is 0 Å². The first-order valence-electron chi connectivity index (χ1n) is 4.39. The van der Waals surface area contributed by atoms with E-state index >= 15 is 0 Å². The van der Waals surface area contributed by atoms with Crippen molar-refractivity contribution in [1.82, 2.24) is 0 Å². The van der Waals surface area contributed by atoms with Crippen molar-refractivity contribution in [3.8, 4) is 11.5 Å². The molecule has 0 atom stereocenters. The van der Waals surface area contributed by atoms with Crippen LogP contribution in [0.5, 0.6) is 11.5 Å². The fourth-order valence-corrected chi connectivity index (χ4v) is 2.12. The number of hydrogen-bond donors (Lipinski definition) is 0. The Kier molecular flexibility index (Phi) is 1.74. The lowest BCUT2D eigenvalue weighted by molar-refractivity contribution is 0.520. The number of para-hydroxylation sites is 2. The van der Waals surface area contributed by atoms with E-state index in [1.165, 1.54) is 0 Å².